The fourth-order valence-corrected chi connectivity index (χ4v) is 1.69. The second-order valence-corrected chi connectivity index (χ2v) is 4.10. The molecular weight excluding hydrogens is 280 g/mol. The minimum Gasteiger partial charge on any atom is -0.496 e. The molecule has 0 saturated carbocycles. The molecule has 0 bridgehead atoms. The van der Waals surface area contributed by atoms with Gasteiger partial charge in [-0.1, -0.05) is 0 Å². The van der Waals surface area contributed by atoms with Crippen molar-refractivity contribution in [2.75, 3.05) is 34.9 Å². The largest absolute Gasteiger partial charge is 0.496 e. The summed E-state index contributed by atoms with van der Waals surface area (Å²) < 4.78 is 25.9. The van der Waals surface area contributed by atoms with Crippen LogP contribution in [0.4, 0.5) is 0 Å². The van der Waals surface area contributed by atoms with Crippen molar-refractivity contribution >= 4 is 5.97 Å². The molecule has 118 valence electrons. The Bertz CT molecular complexity index is 430. The molecule has 0 radical (unpaired) electrons. The van der Waals surface area contributed by atoms with Gasteiger partial charge in [0.2, 0.25) is 0 Å². The van der Waals surface area contributed by atoms with Crippen LogP contribution in [0.2, 0.25) is 0 Å². The fourth-order valence-electron chi connectivity index (χ4n) is 1.69. The molecule has 1 aromatic carbocycles. The summed E-state index contributed by atoms with van der Waals surface area (Å²) >= 11 is 0. The SMILES string of the molecule is COCOc1cc(OC)cc(OCOC)c1CCC(=O)O. The number of methoxy groups -OCH3 is 3. The highest BCUT2D eigenvalue weighted by atomic mass is 16.7. The summed E-state index contributed by atoms with van der Waals surface area (Å²) in [5.74, 6) is 0.555. The molecule has 0 fully saturated rings. The van der Waals surface area contributed by atoms with Crippen LogP contribution in [-0.2, 0) is 20.7 Å². The maximum Gasteiger partial charge on any atom is 0.303 e. The van der Waals surface area contributed by atoms with E-state index in [0.29, 0.717) is 22.8 Å². The Morgan fingerprint density at radius 1 is 1.05 bits per heavy atom. The third kappa shape index (κ3) is 5.49. The molecule has 0 atom stereocenters. The van der Waals surface area contributed by atoms with Gasteiger partial charge in [0.1, 0.15) is 17.2 Å². The van der Waals surface area contributed by atoms with Crippen molar-refractivity contribution in [2.45, 2.75) is 12.8 Å². The third-order valence-corrected chi connectivity index (χ3v) is 2.63. The summed E-state index contributed by atoms with van der Waals surface area (Å²) in [6.45, 7) is 0.0773. The van der Waals surface area contributed by atoms with Crippen LogP contribution in [-0.4, -0.2) is 46.0 Å². The van der Waals surface area contributed by atoms with E-state index >= 15 is 0 Å². The first-order chi connectivity index (χ1) is 10.1. The highest BCUT2D eigenvalue weighted by molar-refractivity contribution is 5.67. The Kier molecular flexibility index (Phi) is 7.34. The van der Waals surface area contributed by atoms with E-state index in [0.717, 1.165) is 0 Å². The number of aliphatic carboxylic acids is 1. The number of carboxylic acids is 1. The molecule has 7 heteroatoms. The Morgan fingerprint density at radius 3 is 1.95 bits per heavy atom. The van der Waals surface area contributed by atoms with E-state index in [2.05, 4.69) is 0 Å². The van der Waals surface area contributed by atoms with E-state index in [9.17, 15) is 4.79 Å². The second-order valence-electron chi connectivity index (χ2n) is 4.10. The lowest BCUT2D eigenvalue weighted by molar-refractivity contribution is -0.136. The van der Waals surface area contributed by atoms with Crippen molar-refractivity contribution in [3.05, 3.63) is 17.7 Å². The Morgan fingerprint density at radius 2 is 1.57 bits per heavy atom. The average molecular weight is 300 g/mol. The zero-order chi connectivity index (χ0) is 15.7. The monoisotopic (exact) mass is 300 g/mol. The molecule has 7 nitrogen and oxygen atoms in total. The maximum atomic E-state index is 10.8. The number of ether oxygens (including phenoxy) is 5. The third-order valence-electron chi connectivity index (χ3n) is 2.63. The summed E-state index contributed by atoms with van der Waals surface area (Å²) in [6, 6.07) is 3.33. The first-order valence-electron chi connectivity index (χ1n) is 6.28. The van der Waals surface area contributed by atoms with Gasteiger partial charge in [-0.05, 0) is 6.42 Å². The highest BCUT2D eigenvalue weighted by Crippen LogP contribution is 2.35. The minimum atomic E-state index is -0.902. The second kappa shape index (κ2) is 9.04. The maximum absolute atomic E-state index is 10.8. The van der Waals surface area contributed by atoms with Crippen LogP contribution in [0.1, 0.15) is 12.0 Å². The van der Waals surface area contributed by atoms with Crippen LogP contribution in [0, 0.1) is 0 Å². The van der Waals surface area contributed by atoms with Crippen LogP contribution in [0.5, 0.6) is 17.2 Å². The molecule has 0 aliphatic carbocycles. The van der Waals surface area contributed by atoms with Gasteiger partial charge in [0.25, 0.3) is 0 Å². The van der Waals surface area contributed by atoms with Crippen molar-refractivity contribution in [2.24, 2.45) is 0 Å². The smallest absolute Gasteiger partial charge is 0.303 e. The van der Waals surface area contributed by atoms with E-state index in [1.54, 1.807) is 12.1 Å². The molecule has 0 spiro atoms. The van der Waals surface area contributed by atoms with Gasteiger partial charge in [-0.15, -0.1) is 0 Å². The molecule has 0 unspecified atom stereocenters. The van der Waals surface area contributed by atoms with Crippen LogP contribution >= 0.6 is 0 Å². The van der Waals surface area contributed by atoms with Gasteiger partial charge in [-0.3, -0.25) is 4.79 Å². The number of carboxylic acid groups (broad SMARTS) is 1. The minimum absolute atomic E-state index is 0.0386. The molecular formula is C14H20O7. The van der Waals surface area contributed by atoms with Gasteiger partial charge in [-0.2, -0.15) is 0 Å². The lowest BCUT2D eigenvalue weighted by Crippen LogP contribution is -2.08. The van der Waals surface area contributed by atoms with E-state index in [1.165, 1.54) is 21.3 Å². The van der Waals surface area contributed by atoms with Gasteiger partial charge in [0.15, 0.2) is 13.6 Å². The molecule has 0 amide bonds. The molecule has 0 aliphatic rings. The Hall–Kier alpha value is -1.99. The van der Waals surface area contributed by atoms with E-state index in [1.807, 2.05) is 0 Å². The van der Waals surface area contributed by atoms with Crippen molar-refractivity contribution in [3.8, 4) is 17.2 Å². The van der Waals surface area contributed by atoms with E-state index in [-0.39, 0.29) is 26.4 Å². The van der Waals surface area contributed by atoms with E-state index < -0.39 is 5.97 Å². The Labute approximate surface area is 123 Å². The predicted octanol–water partition coefficient (Wildman–Crippen LogP) is 1.68. The van der Waals surface area contributed by atoms with Gasteiger partial charge >= 0.3 is 5.97 Å². The molecule has 0 aliphatic heterocycles. The zero-order valence-corrected chi connectivity index (χ0v) is 12.4. The molecule has 1 N–H and O–H groups in total. The van der Waals surface area contributed by atoms with Crippen molar-refractivity contribution < 1.29 is 33.6 Å². The lowest BCUT2D eigenvalue weighted by Gasteiger charge is -2.17. The number of hydrogen-bond donors (Lipinski definition) is 1. The van der Waals surface area contributed by atoms with Crippen LogP contribution in [0.3, 0.4) is 0 Å². The normalized spacial score (nSPS) is 10.2. The molecule has 1 aromatic rings. The van der Waals surface area contributed by atoms with Gasteiger partial charge in [0, 0.05) is 38.3 Å². The van der Waals surface area contributed by atoms with Gasteiger partial charge < -0.3 is 28.8 Å². The zero-order valence-electron chi connectivity index (χ0n) is 12.4. The van der Waals surface area contributed by atoms with Gasteiger partial charge in [-0.25, -0.2) is 0 Å². The highest BCUT2D eigenvalue weighted by Gasteiger charge is 2.16. The topological polar surface area (TPSA) is 83.5 Å². The van der Waals surface area contributed by atoms with Crippen molar-refractivity contribution in [1.82, 2.24) is 0 Å². The molecule has 1 rings (SSSR count). The van der Waals surface area contributed by atoms with Gasteiger partial charge in [0.05, 0.1) is 7.11 Å². The Balaban J connectivity index is 3.11. The standard InChI is InChI=1S/C14H20O7/c1-17-8-20-12-6-10(19-3)7-13(21-9-18-2)11(12)4-5-14(15)16/h6-7H,4-5,8-9H2,1-3H3,(H,15,16). The molecule has 0 saturated heterocycles. The summed E-state index contributed by atoms with van der Waals surface area (Å²) in [7, 11) is 4.52. The summed E-state index contributed by atoms with van der Waals surface area (Å²) in [5.41, 5.74) is 0.632. The van der Waals surface area contributed by atoms with Crippen molar-refractivity contribution in [1.29, 1.82) is 0 Å². The lowest BCUT2D eigenvalue weighted by atomic mass is 10.1. The predicted molar refractivity (Wildman–Crippen MR) is 74.0 cm³/mol. The summed E-state index contributed by atoms with van der Waals surface area (Å²) in [4.78, 5) is 10.8. The molecule has 0 aromatic heterocycles. The first-order valence-corrected chi connectivity index (χ1v) is 6.28. The number of benzene rings is 1. The van der Waals surface area contributed by atoms with Crippen molar-refractivity contribution in [3.63, 3.8) is 0 Å². The number of hydrogen-bond acceptors (Lipinski definition) is 6. The fraction of sp³-hybridized carbons (Fsp3) is 0.500. The summed E-state index contributed by atoms with van der Waals surface area (Å²) in [6.07, 6.45) is 0.219. The number of rotatable bonds is 10. The quantitative estimate of drug-likeness (QED) is 0.658. The molecule has 21 heavy (non-hydrogen) atoms. The van der Waals surface area contributed by atoms with Crippen LogP contribution < -0.4 is 14.2 Å². The van der Waals surface area contributed by atoms with E-state index in [4.69, 9.17) is 28.8 Å². The first kappa shape index (κ1) is 17.1. The van der Waals surface area contributed by atoms with Crippen LogP contribution in [0.15, 0.2) is 12.1 Å². The average Bonchev–Trinajstić information content (AvgIpc) is 2.48. The number of carbonyl (C=O) groups is 1. The van der Waals surface area contributed by atoms with Crippen LogP contribution in [0.25, 0.3) is 0 Å². The molecule has 0 heterocycles. The summed E-state index contributed by atoms with van der Waals surface area (Å²) in [5, 5.41) is 8.85.